The highest BCUT2D eigenvalue weighted by molar-refractivity contribution is 5.96. The zero-order valence-electron chi connectivity index (χ0n) is 13.6. The SMILES string of the molecule is CC1=CC(=O)[C@@H]2C[C@@]1(O[C@@H]1O[C@H](CO)[C@@H](O)[C@H](O)[C@H]1O)OC=C2CO. The highest BCUT2D eigenvalue weighted by atomic mass is 16.8. The van der Waals surface area contributed by atoms with Crippen LogP contribution in [0.4, 0.5) is 0 Å². The largest absolute Gasteiger partial charge is 0.466 e. The number of carbonyl (C=O) groups is 1. The average Bonchev–Trinajstić information content (AvgIpc) is 2.61. The second kappa shape index (κ2) is 6.76. The number of allylic oxidation sites excluding steroid dienone is 1. The summed E-state index contributed by atoms with van der Waals surface area (Å²) in [6.07, 6.45) is -4.48. The summed E-state index contributed by atoms with van der Waals surface area (Å²) < 4.78 is 16.8. The molecule has 0 amide bonds. The predicted octanol–water partition coefficient (Wildman–Crippen LogP) is -2.06. The van der Waals surface area contributed by atoms with Gasteiger partial charge in [0.1, 0.15) is 24.4 Å². The molecule has 7 atom stereocenters. The third kappa shape index (κ3) is 3.02. The summed E-state index contributed by atoms with van der Waals surface area (Å²) >= 11 is 0. The first-order chi connectivity index (χ1) is 11.8. The fourth-order valence-corrected chi connectivity index (χ4v) is 3.33. The Kier molecular flexibility index (Phi) is 5.00. The first kappa shape index (κ1) is 18.5. The van der Waals surface area contributed by atoms with Crippen molar-refractivity contribution in [2.45, 2.75) is 49.8 Å². The van der Waals surface area contributed by atoms with Gasteiger partial charge in [0.2, 0.25) is 5.79 Å². The number of aliphatic hydroxyl groups excluding tert-OH is 5. The molecule has 0 aromatic carbocycles. The number of ketones is 1. The molecule has 0 aromatic heterocycles. The molecule has 0 unspecified atom stereocenters. The van der Waals surface area contributed by atoms with Crippen molar-refractivity contribution in [3.05, 3.63) is 23.5 Å². The zero-order valence-corrected chi connectivity index (χ0v) is 13.6. The van der Waals surface area contributed by atoms with Crippen molar-refractivity contribution in [2.75, 3.05) is 13.2 Å². The second-order valence-corrected chi connectivity index (χ2v) is 6.52. The molecule has 5 N–H and O–H groups in total. The highest BCUT2D eigenvalue weighted by Crippen LogP contribution is 2.43. The molecule has 1 saturated heterocycles. The molecule has 0 spiro atoms. The van der Waals surface area contributed by atoms with Crippen molar-refractivity contribution in [1.29, 1.82) is 0 Å². The number of hydrogen-bond donors (Lipinski definition) is 5. The molecule has 0 aromatic rings. The minimum absolute atomic E-state index is 0.0789. The lowest BCUT2D eigenvalue weighted by Crippen LogP contribution is -2.61. The summed E-state index contributed by atoms with van der Waals surface area (Å²) in [4.78, 5) is 12.2. The van der Waals surface area contributed by atoms with Crippen molar-refractivity contribution in [2.24, 2.45) is 5.92 Å². The number of ether oxygens (including phenoxy) is 3. The minimum atomic E-state index is -1.58. The third-order valence-electron chi connectivity index (χ3n) is 4.96. The molecule has 25 heavy (non-hydrogen) atoms. The maximum absolute atomic E-state index is 12.2. The zero-order chi connectivity index (χ0) is 18.4. The topological polar surface area (TPSA) is 146 Å². The van der Waals surface area contributed by atoms with Gasteiger partial charge in [0.05, 0.1) is 25.4 Å². The number of rotatable bonds is 4. The number of carbonyl (C=O) groups excluding carboxylic acids is 1. The molecule has 3 rings (SSSR count). The van der Waals surface area contributed by atoms with Gasteiger partial charge in [-0.15, -0.1) is 0 Å². The molecule has 2 bridgehead atoms. The molecule has 3 aliphatic rings. The van der Waals surface area contributed by atoms with E-state index in [2.05, 4.69) is 0 Å². The van der Waals surface area contributed by atoms with Gasteiger partial charge in [-0.05, 0) is 13.0 Å². The Morgan fingerprint density at radius 3 is 2.60 bits per heavy atom. The summed E-state index contributed by atoms with van der Waals surface area (Å²) in [6, 6.07) is 0. The maximum Gasteiger partial charge on any atom is 0.235 e. The number of fused-ring (bicyclic) bond motifs is 2. The minimum Gasteiger partial charge on any atom is -0.466 e. The van der Waals surface area contributed by atoms with Crippen LogP contribution in [0.25, 0.3) is 0 Å². The van der Waals surface area contributed by atoms with Crippen LogP contribution in [0.1, 0.15) is 13.3 Å². The Morgan fingerprint density at radius 1 is 1.24 bits per heavy atom. The van der Waals surface area contributed by atoms with E-state index in [4.69, 9.17) is 14.2 Å². The number of hydrogen-bond acceptors (Lipinski definition) is 9. The van der Waals surface area contributed by atoms with E-state index in [9.17, 15) is 30.3 Å². The van der Waals surface area contributed by atoms with Crippen LogP contribution < -0.4 is 0 Å². The molecule has 1 fully saturated rings. The molecular formula is C16H22O9. The smallest absolute Gasteiger partial charge is 0.235 e. The number of aliphatic hydroxyl groups is 5. The van der Waals surface area contributed by atoms with E-state index in [0.29, 0.717) is 11.1 Å². The first-order valence-electron chi connectivity index (χ1n) is 8.01. The van der Waals surface area contributed by atoms with Gasteiger partial charge in [-0.25, -0.2) is 0 Å². The van der Waals surface area contributed by atoms with Crippen LogP contribution in [0.3, 0.4) is 0 Å². The Hall–Kier alpha value is -1.33. The first-order valence-corrected chi connectivity index (χ1v) is 8.01. The van der Waals surface area contributed by atoms with E-state index in [1.54, 1.807) is 6.92 Å². The second-order valence-electron chi connectivity index (χ2n) is 6.52. The van der Waals surface area contributed by atoms with Crippen molar-refractivity contribution in [1.82, 2.24) is 0 Å². The van der Waals surface area contributed by atoms with E-state index in [1.807, 2.05) is 0 Å². The molecule has 140 valence electrons. The van der Waals surface area contributed by atoms with Gasteiger partial charge in [0.25, 0.3) is 0 Å². The quantitative estimate of drug-likeness (QED) is 0.383. The van der Waals surface area contributed by atoms with E-state index in [-0.39, 0.29) is 18.8 Å². The molecular weight excluding hydrogens is 336 g/mol. The summed E-state index contributed by atoms with van der Waals surface area (Å²) in [6.45, 7) is 0.707. The summed E-state index contributed by atoms with van der Waals surface area (Å²) in [5.41, 5.74) is 0.862. The van der Waals surface area contributed by atoms with Gasteiger partial charge < -0.3 is 39.7 Å². The Morgan fingerprint density at radius 2 is 1.96 bits per heavy atom. The summed E-state index contributed by atoms with van der Waals surface area (Å²) in [5, 5.41) is 48.5. The molecule has 0 saturated carbocycles. The normalized spacial score (nSPS) is 44.0. The van der Waals surface area contributed by atoms with Crippen LogP contribution in [0, 0.1) is 5.92 Å². The molecule has 9 heteroatoms. The average molecular weight is 358 g/mol. The monoisotopic (exact) mass is 358 g/mol. The van der Waals surface area contributed by atoms with E-state index < -0.39 is 49.0 Å². The molecule has 1 aliphatic carbocycles. The van der Waals surface area contributed by atoms with Gasteiger partial charge in [0, 0.05) is 17.6 Å². The Balaban J connectivity index is 1.87. The highest BCUT2D eigenvalue weighted by Gasteiger charge is 2.52. The predicted molar refractivity (Wildman–Crippen MR) is 80.7 cm³/mol. The molecule has 2 heterocycles. The van der Waals surface area contributed by atoms with Crippen LogP contribution in [0.15, 0.2) is 23.5 Å². The van der Waals surface area contributed by atoms with Gasteiger partial charge >= 0.3 is 0 Å². The maximum atomic E-state index is 12.2. The van der Waals surface area contributed by atoms with E-state index in [1.165, 1.54) is 12.3 Å². The van der Waals surface area contributed by atoms with Gasteiger partial charge in [-0.1, -0.05) is 0 Å². The van der Waals surface area contributed by atoms with Gasteiger partial charge in [-0.3, -0.25) is 4.79 Å². The van der Waals surface area contributed by atoms with Crippen LogP contribution in [0.2, 0.25) is 0 Å². The Labute approximate surface area is 143 Å². The van der Waals surface area contributed by atoms with Crippen LogP contribution in [-0.2, 0) is 19.0 Å². The Bertz CT molecular complexity index is 598. The van der Waals surface area contributed by atoms with Gasteiger partial charge in [0.15, 0.2) is 12.1 Å². The molecule has 2 aliphatic heterocycles. The van der Waals surface area contributed by atoms with Gasteiger partial charge in [-0.2, -0.15) is 0 Å². The van der Waals surface area contributed by atoms with E-state index in [0.717, 1.165) is 0 Å². The van der Waals surface area contributed by atoms with Crippen molar-refractivity contribution in [3.8, 4) is 0 Å². The molecule has 0 radical (unpaired) electrons. The summed E-state index contributed by atoms with van der Waals surface area (Å²) in [7, 11) is 0. The third-order valence-corrected chi connectivity index (χ3v) is 4.96. The summed E-state index contributed by atoms with van der Waals surface area (Å²) in [5.74, 6) is -2.22. The fourth-order valence-electron chi connectivity index (χ4n) is 3.33. The van der Waals surface area contributed by atoms with Crippen molar-refractivity contribution >= 4 is 5.78 Å². The molecule has 9 nitrogen and oxygen atoms in total. The fraction of sp³-hybridized carbons (Fsp3) is 0.688. The van der Waals surface area contributed by atoms with Crippen LogP contribution in [-0.4, -0.2) is 81.0 Å². The van der Waals surface area contributed by atoms with Crippen LogP contribution >= 0.6 is 0 Å². The van der Waals surface area contributed by atoms with E-state index >= 15 is 0 Å². The standard InChI is InChI=1S/C16H22O9/c1-7-2-10(19)9-3-16(7,23-6-8(9)4-17)25-15-14(22)13(21)12(20)11(5-18)24-15/h2,6,9,11-15,17-18,20-22H,3-5H2,1H3/t9-,11-,12-,13+,14-,15+,16+/m1/s1. The van der Waals surface area contributed by atoms with Crippen LogP contribution in [0.5, 0.6) is 0 Å². The lowest BCUT2D eigenvalue weighted by molar-refractivity contribution is -0.357. The van der Waals surface area contributed by atoms with Crippen molar-refractivity contribution < 1.29 is 44.5 Å². The lowest BCUT2D eigenvalue weighted by atomic mass is 9.79. The lowest BCUT2D eigenvalue weighted by Gasteiger charge is -2.47. The van der Waals surface area contributed by atoms with Crippen molar-refractivity contribution in [3.63, 3.8) is 0 Å².